The van der Waals surface area contributed by atoms with Gasteiger partial charge >= 0.3 is 0 Å². The molecule has 0 aliphatic rings. The lowest BCUT2D eigenvalue weighted by molar-refractivity contribution is 0.0390. The van der Waals surface area contributed by atoms with Gasteiger partial charge in [-0.15, -0.1) is 25.5 Å². The summed E-state index contributed by atoms with van der Waals surface area (Å²) in [6.45, 7) is 7.18. The molecule has 1 N–H and O–H groups in total. The van der Waals surface area contributed by atoms with E-state index in [4.69, 9.17) is 6.42 Å². The molecule has 0 saturated heterocycles. The summed E-state index contributed by atoms with van der Waals surface area (Å²) in [4.78, 5) is 0. The lowest BCUT2D eigenvalue weighted by Gasteiger charge is -2.24. The van der Waals surface area contributed by atoms with Crippen molar-refractivity contribution in [1.82, 2.24) is 0 Å². The maximum atomic E-state index is 9.90. The molecule has 66 valence electrons. The average molecular weight is 164 g/mol. The van der Waals surface area contributed by atoms with E-state index >= 15 is 0 Å². The fourth-order valence-corrected chi connectivity index (χ4v) is 1.13. The normalized spacial score (nSPS) is 10.3. The number of terminal acetylenes is 1. The first-order chi connectivity index (χ1) is 5.68. The molecule has 0 bridgehead atoms. The highest BCUT2D eigenvalue weighted by Crippen LogP contribution is 2.22. The second kappa shape index (κ2) is 5.62. The van der Waals surface area contributed by atoms with Crippen LogP contribution < -0.4 is 0 Å². The quantitative estimate of drug-likeness (QED) is 0.471. The van der Waals surface area contributed by atoms with Crippen molar-refractivity contribution in [3.8, 4) is 12.3 Å². The molecule has 0 saturated carbocycles. The standard InChI is InChI=1S/C11H16O/c1-4-7-10-11(12,8-5-2)9-6-3/h1,5-6,12H,2-3,7-10H2. The highest BCUT2D eigenvalue weighted by molar-refractivity contribution is 4.95. The summed E-state index contributed by atoms with van der Waals surface area (Å²) in [6, 6.07) is 0. The molecule has 0 atom stereocenters. The Morgan fingerprint density at radius 2 is 1.83 bits per heavy atom. The highest BCUT2D eigenvalue weighted by Gasteiger charge is 2.22. The van der Waals surface area contributed by atoms with Crippen molar-refractivity contribution in [2.45, 2.75) is 31.3 Å². The average Bonchev–Trinajstić information content (AvgIpc) is 2.02. The van der Waals surface area contributed by atoms with Crippen molar-refractivity contribution < 1.29 is 5.11 Å². The monoisotopic (exact) mass is 164 g/mol. The van der Waals surface area contributed by atoms with Crippen LogP contribution in [-0.2, 0) is 0 Å². The lowest BCUT2D eigenvalue weighted by Crippen LogP contribution is -2.26. The Bertz CT molecular complexity index is 176. The van der Waals surface area contributed by atoms with Crippen molar-refractivity contribution in [1.29, 1.82) is 0 Å². The number of hydrogen-bond donors (Lipinski definition) is 1. The van der Waals surface area contributed by atoms with E-state index in [9.17, 15) is 5.11 Å². The Hall–Kier alpha value is -1.00. The fourth-order valence-electron chi connectivity index (χ4n) is 1.13. The van der Waals surface area contributed by atoms with Gasteiger partial charge in [0.15, 0.2) is 0 Å². The van der Waals surface area contributed by atoms with E-state index in [0.717, 1.165) is 0 Å². The third kappa shape index (κ3) is 4.00. The summed E-state index contributed by atoms with van der Waals surface area (Å²) >= 11 is 0. The van der Waals surface area contributed by atoms with Crippen LogP contribution in [0.1, 0.15) is 25.7 Å². The van der Waals surface area contributed by atoms with Gasteiger partial charge in [0.1, 0.15) is 0 Å². The Morgan fingerprint density at radius 3 is 2.17 bits per heavy atom. The van der Waals surface area contributed by atoms with Gasteiger partial charge < -0.3 is 5.11 Å². The van der Waals surface area contributed by atoms with E-state index in [-0.39, 0.29) is 0 Å². The molecular weight excluding hydrogens is 148 g/mol. The fraction of sp³-hybridized carbons (Fsp3) is 0.455. The molecular formula is C11H16O. The van der Waals surface area contributed by atoms with Gasteiger partial charge in [-0.1, -0.05) is 12.2 Å². The smallest absolute Gasteiger partial charge is 0.0725 e. The molecule has 12 heavy (non-hydrogen) atoms. The number of rotatable bonds is 6. The third-order valence-electron chi connectivity index (χ3n) is 1.78. The number of aliphatic hydroxyl groups is 1. The second-order valence-corrected chi connectivity index (χ2v) is 2.91. The summed E-state index contributed by atoms with van der Waals surface area (Å²) in [7, 11) is 0. The molecule has 0 aromatic carbocycles. The molecule has 1 nitrogen and oxygen atoms in total. The van der Waals surface area contributed by atoms with Crippen molar-refractivity contribution in [2.24, 2.45) is 0 Å². The molecule has 0 aliphatic heterocycles. The minimum atomic E-state index is -0.726. The Labute approximate surface area is 74.8 Å². The van der Waals surface area contributed by atoms with Gasteiger partial charge in [-0.2, -0.15) is 0 Å². The van der Waals surface area contributed by atoms with Crippen LogP contribution >= 0.6 is 0 Å². The van der Waals surface area contributed by atoms with E-state index < -0.39 is 5.60 Å². The molecule has 0 aromatic heterocycles. The van der Waals surface area contributed by atoms with Gasteiger partial charge in [-0.05, 0) is 19.3 Å². The topological polar surface area (TPSA) is 20.2 Å². The minimum Gasteiger partial charge on any atom is -0.389 e. The summed E-state index contributed by atoms with van der Waals surface area (Å²) in [6.07, 6.45) is 10.9. The van der Waals surface area contributed by atoms with Gasteiger partial charge in [-0.3, -0.25) is 0 Å². The molecule has 0 rings (SSSR count). The summed E-state index contributed by atoms with van der Waals surface area (Å²) in [5.74, 6) is 2.51. The van der Waals surface area contributed by atoms with Crippen molar-refractivity contribution >= 4 is 0 Å². The van der Waals surface area contributed by atoms with E-state index in [2.05, 4.69) is 19.1 Å². The van der Waals surface area contributed by atoms with E-state index in [0.29, 0.717) is 25.7 Å². The maximum Gasteiger partial charge on any atom is 0.0725 e. The zero-order valence-electron chi connectivity index (χ0n) is 7.42. The molecule has 0 aromatic rings. The van der Waals surface area contributed by atoms with Crippen LogP contribution in [-0.4, -0.2) is 10.7 Å². The van der Waals surface area contributed by atoms with Crippen LogP contribution in [0.25, 0.3) is 0 Å². The molecule has 0 unspecified atom stereocenters. The van der Waals surface area contributed by atoms with Gasteiger partial charge in [0, 0.05) is 6.42 Å². The highest BCUT2D eigenvalue weighted by atomic mass is 16.3. The van der Waals surface area contributed by atoms with Crippen LogP contribution in [0.5, 0.6) is 0 Å². The Kier molecular flexibility index (Phi) is 5.16. The van der Waals surface area contributed by atoms with E-state index in [1.165, 1.54) is 0 Å². The van der Waals surface area contributed by atoms with E-state index in [1.54, 1.807) is 12.2 Å². The zero-order valence-corrected chi connectivity index (χ0v) is 7.42. The van der Waals surface area contributed by atoms with Crippen LogP contribution in [0.4, 0.5) is 0 Å². The van der Waals surface area contributed by atoms with Crippen LogP contribution in [0, 0.1) is 12.3 Å². The molecule has 0 aliphatic carbocycles. The van der Waals surface area contributed by atoms with E-state index in [1.807, 2.05) is 0 Å². The Morgan fingerprint density at radius 1 is 1.33 bits per heavy atom. The van der Waals surface area contributed by atoms with Crippen LogP contribution in [0.3, 0.4) is 0 Å². The second-order valence-electron chi connectivity index (χ2n) is 2.91. The van der Waals surface area contributed by atoms with Gasteiger partial charge in [-0.25, -0.2) is 0 Å². The van der Waals surface area contributed by atoms with Gasteiger partial charge in [0.2, 0.25) is 0 Å². The van der Waals surface area contributed by atoms with Crippen LogP contribution in [0.2, 0.25) is 0 Å². The minimum absolute atomic E-state index is 0.570. The summed E-state index contributed by atoms with van der Waals surface area (Å²) in [5.41, 5.74) is -0.726. The largest absolute Gasteiger partial charge is 0.389 e. The summed E-state index contributed by atoms with van der Waals surface area (Å²) < 4.78 is 0. The lowest BCUT2D eigenvalue weighted by atomic mass is 9.90. The predicted octanol–water partition coefficient (Wildman–Crippen LogP) is 2.28. The first-order valence-corrected chi connectivity index (χ1v) is 4.06. The summed E-state index contributed by atoms with van der Waals surface area (Å²) in [5, 5.41) is 9.90. The third-order valence-corrected chi connectivity index (χ3v) is 1.78. The van der Waals surface area contributed by atoms with Crippen molar-refractivity contribution in [2.75, 3.05) is 0 Å². The molecule has 0 spiro atoms. The zero-order chi connectivity index (χ0) is 9.45. The molecule has 0 fully saturated rings. The molecule has 1 heteroatoms. The maximum absolute atomic E-state index is 9.90. The molecule has 0 heterocycles. The van der Waals surface area contributed by atoms with Crippen LogP contribution in [0.15, 0.2) is 25.3 Å². The van der Waals surface area contributed by atoms with Gasteiger partial charge in [0.05, 0.1) is 5.60 Å². The van der Waals surface area contributed by atoms with Gasteiger partial charge in [0.25, 0.3) is 0 Å². The molecule has 0 amide bonds. The SMILES string of the molecule is C#CCCC(O)(CC=C)CC=C. The van der Waals surface area contributed by atoms with Crippen molar-refractivity contribution in [3.05, 3.63) is 25.3 Å². The first-order valence-electron chi connectivity index (χ1n) is 4.06. The predicted molar refractivity (Wildman–Crippen MR) is 52.6 cm³/mol. The Balaban J connectivity index is 4.07. The molecule has 0 radical (unpaired) electrons. The first kappa shape index (κ1) is 11.0. The number of hydrogen-bond acceptors (Lipinski definition) is 1. The van der Waals surface area contributed by atoms with Crippen molar-refractivity contribution in [3.63, 3.8) is 0 Å².